The quantitative estimate of drug-likeness (QED) is 0.664. The molecule has 0 N–H and O–H groups in total. The lowest BCUT2D eigenvalue weighted by molar-refractivity contribution is 0.312. The molecule has 11 heteroatoms. The molecule has 0 atom stereocenters. The lowest BCUT2D eigenvalue weighted by Crippen LogP contribution is -2.49. The van der Waals surface area contributed by atoms with Gasteiger partial charge >= 0.3 is 0 Å². The Kier molecular flexibility index (Phi) is 6.18. The van der Waals surface area contributed by atoms with Gasteiger partial charge in [-0.1, -0.05) is 0 Å². The van der Waals surface area contributed by atoms with Crippen molar-refractivity contribution in [1.29, 1.82) is 0 Å². The van der Waals surface area contributed by atoms with Gasteiger partial charge in [0.15, 0.2) is 5.03 Å². The maximum Gasteiger partial charge on any atom is 0.262 e. The largest absolute Gasteiger partial charge is 0.354 e. The van der Waals surface area contributed by atoms with Crippen molar-refractivity contribution < 1.29 is 8.42 Å². The van der Waals surface area contributed by atoms with Gasteiger partial charge in [0.1, 0.15) is 5.82 Å². The fraction of sp³-hybridized carbons (Fsp3) is 0.650. The minimum absolute atomic E-state index is 0.110. The summed E-state index contributed by atoms with van der Waals surface area (Å²) >= 11 is 0. The second-order valence-corrected chi connectivity index (χ2v) is 10.5. The summed E-state index contributed by atoms with van der Waals surface area (Å²) in [6, 6.07) is 2.20. The number of hydrogen-bond donors (Lipinski definition) is 0. The first kappa shape index (κ1) is 22.0. The molecule has 31 heavy (non-hydrogen) atoms. The molecule has 0 spiro atoms. The Balaban J connectivity index is 1.45. The highest BCUT2D eigenvalue weighted by atomic mass is 32.2. The first-order chi connectivity index (χ1) is 14.7. The summed E-state index contributed by atoms with van der Waals surface area (Å²) in [4.78, 5) is 20.3. The van der Waals surface area contributed by atoms with Gasteiger partial charge in [-0.05, 0) is 27.8 Å². The van der Waals surface area contributed by atoms with E-state index in [1.54, 1.807) is 12.5 Å². The van der Waals surface area contributed by atoms with E-state index in [-0.39, 0.29) is 11.1 Å². The van der Waals surface area contributed by atoms with Gasteiger partial charge in [-0.2, -0.15) is 9.29 Å². The average molecular weight is 449 g/mol. The van der Waals surface area contributed by atoms with Gasteiger partial charge in [-0.15, -0.1) is 0 Å². The maximum absolute atomic E-state index is 13.0. The minimum atomic E-state index is -3.60. The van der Waals surface area contributed by atoms with Crippen molar-refractivity contribution in [3.05, 3.63) is 24.3 Å². The molecule has 2 saturated heterocycles. The molecule has 2 aliphatic heterocycles. The van der Waals surface area contributed by atoms with Crippen LogP contribution in [-0.2, 0) is 10.0 Å². The van der Waals surface area contributed by atoms with E-state index in [1.165, 1.54) is 4.31 Å². The van der Waals surface area contributed by atoms with Gasteiger partial charge in [0, 0.05) is 76.4 Å². The predicted molar refractivity (Wildman–Crippen MR) is 120 cm³/mol. The van der Waals surface area contributed by atoms with Crippen molar-refractivity contribution in [2.75, 3.05) is 69.2 Å². The summed E-state index contributed by atoms with van der Waals surface area (Å²) in [5, 5.41) is 0.110. The number of imidazole rings is 1. The van der Waals surface area contributed by atoms with Gasteiger partial charge in [-0.25, -0.2) is 18.4 Å². The van der Waals surface area contributed by atoms with E-state index < -0.39 is 10.0 Å². The summed E-state index contributed by atoms with van der Waals surface area (Å²) in [5.41, 5.74) is 0.924. The standard InChI is InChI=1S/C20H32N8O2S/c1-16(2)27-14-19(21-15-27)31(29,30)28-11-9-26(10-12-28)20-22-17(3)13-18(23-20)25-7-5-24(4)6-8-25/h13-16H,5-12H2,1-4H3. The van der Waals surface area contributed by atoms with Crippen molar-refractivity contribution in [1.82, 2.24) is 28.7 Å². The van der Waals surface area contributed by atoms with E-state index in [0.29, 0.717) is 32.1 Å². The van der Waals surface area contributed by atoms with Crippen molar-refractivity contribution >= 4 is 21.8 Å². The van der Waals surface area contributed by atoms with Gasteiger partial charge in [-0.3, -0.25) is 0 Å². The van der Waals surface area contributed by atoms with Gasteiger partial charge < -0.3 is 19.3 Å². The molecule has 2 aliphatic rings. The number of likely N-dealkylation sites (N-methyl/N-ethyl adjacent to an activating group) is 1. The zero-order chi connectivity index (χ0) is 22.2. The molecule has 0 aromatic carbocycles. The molecule has 2 aromatic rings. The molecule has 4 rings (SSSR count). The number of anilines is 2. The molecular formula is C20H32N8O2S. The van der Waals surface area contributed by atoms with E-state index in [9.17, 15) is 8.42 Å². The lowest BCUT2D eigenvalue weighted by atomic mass is 10.3. The summed E-state index contributed by atoms with van der Waals surface area (Å²) < 4.78 is 29.3. The van der Waals surface area contributed by atoms with Crippen LogP contribution in [0, 0.1) is 6.92 Å². The highest BCUT2D eigenvalue weighted by Gasteiger charge is 2.31. The Labute approximate surface area is 184 Å². The SMILES string of the molecule is Cc1cc(N2CCN(C)CC2)nc(N2CCN(S(=O)(=O)c3cn(C(C)C)cn3)CC2)n1. The second-order valence-electron chi connectivity index (χ2n) is 8.60. The molecule has 0 unspecified atom stereocenters. The van der Waals surface area contributed by atoms with Crippen LogP contribution in [0.3, 0.4) is 0 Å². The topological polar surface area (TPSA) is 90.7 Å². The molecule has 2 fully saturated rings. The van der Waals surface area contributed by atoms with Crippen LogP contribution in [0.5, 0.6) is 0 Å². The molecule has 0 amide bonds. The number of nitrogens with zero attached hydrogens (tertiary/aromatic N) is 8. The zero-order valence-corrected chi connectivity index (χ0v) is 19.6. The van der Waals surface area contributed by atoms with Crippen LogP contribution in [0.4, 0.5) is 11.8 Å². The van der Waals surface area contributed by atoms with Crippen LogP contribution < -0.4 is 9.80 Å². The van der Waals surface area contributed by atoms with Crippen LogP contribution >= 0.6 is 0 Å². The smallest absolute Gasteiger partial charge is 0.262 e. The molecule has 10 nitrogen and oxygen atoms in total. The number of sulfonamides is 1. The normalized spacial score (nSPS) is 19.4. The summed E-state index contributed by atoms with van der Waals surface area (Å²) in [6.07, 6.45) is 3.19. The molecule has 0 saturated carbocycles. The predicted octanol–water partition coefficient (Wildman–Crippen LogP) is 0.825. The van der Waals surface area contributed by atoms with E-state index in [4.69, 9.17) is 4.98 Å². The van der Waals surface area contributed by atoms with Crippen molar-refractivity contribution in [2.45, 2.75) is 31.8 Å². The molecule has 170 valence electrons. The highest BCUT2D eigenvalue weighted by molar-refractivity contribution is 7.89. The fourth-order valence-corrected chi connectivity index (χ4v) is 5.21. The van der Waals surface area contributed by atoms with Gasteiger partial charge in [0.25, 0.3) is 10.0 Å². The third kappa shape index (κ3) is 4.68. The van der Waals surface area contributed by atoms with Crippen molar-refractivity contribution in [3.8, 4) is 0 Å². The average Bonchev–Trinajstić information content (AvgIpc) is 3.26. The number of hydrogen-bond acceptors (Lipinski definition) is 8. The van der Waals surface area contributed by atoms with Crippen molar-refractivity contribution in [2.24, 2.45) is 0 Å². The molecule has 0 aliphatic carbocycles. The lowest BCUT2D eigenvalue weighted by Gasteiger charge is -2.35. The third-order valence-corrected chi connectivity index (χ3v) is 7.74. The Bertz CT molecular complexity index is 1010. The first-order valence-corrected chi connectivity index (χ1v) is 12.3. The van der Waals surface area contributed by atoms with Crippen LogP contribution in [0.1, 0.15) is 25.6 Å². The highest BCUT2D eigenvalue weighted by Crippen LogP contribution is 2.22. The number of rotatable bonds is 5. The van der Waals surface area contributed by atoms with Crippen LogP contribution in [-0.4, -0.2) is 96.5 Å². The summed E-state index contributed by atoms with van der Waals surface area (Å²) in [7, 11) is -1.46. The van der Waals surface area contributed by atoms with E-state index in [1.807, 2.05) is 31.4 Å². The van der Waals surface area contributed by atoms with E-state index in [0.717, 1.165) is 37.7 Å². The number of piperazine rings is 2. The number of aryl methyl sites for hydroxylation is 1. The Morgan fingerprint density at radius 2 is 1.58 bits per heavy atom. The first-order valence-electron chi connectivity index (χ1n) is 10.8. The molecular weight excluding hydrogens is 416 g/mol. The Morgan fingerprint density at radius 3 is 2.19 bits per heavy atom. The van der Waals surface area contributed by atoms with E-state index >= 15 is 0 Å². The number of aromatic nitrogens is 4. The molecule has 2 aromatic heterocycles. The Morgan fingerprint density at radius 1 is 0.935 bits per heavy atom. The molecule has 0 bridgehead atoms. The van der Waals surface area contributed by atoms with Crippen LogP contribution in [0.25, 0.3) is 0 Å². The second kappa shape index (κ2) is 8.71. The monoisotopic (exact) mass is 448 g/mol. The van der Waals surface area contributed by atoms with Crippen LogP contribution in [0.2, 0.25) is 0 Å². The molecule has 0 radical (unpaired) electrons. The molecule has 4 heterocycles. The fourth-order valence-electron chi connectivity index (χ4n) is 3.87. The zero-order valence-electron chi connectivity index (χ0n) is 18.8. The van der Waals surface area contributed by atoms with E-state index in [2.05, 4.69) is 31.7 Å². The Hall–Kier alpha value is -2.24. The van der Waals surface area contributed by atoms with Crippen molar-refractivity contribution in [3.63, 3.8) is 0 Å². The van der Waals surface area contributed by atoms with Gasteiger partial charge in [0.2, 0.25) is 5.95 Å². The maximum atomic E-state index is 13.0. The van der Waals surface area contributed by atoms with Gasteiger partial charge in [0.05, 0.1) is 6.33 Å². The summed E-state index contributed by atoms with van der Waals surface area (Å²) in [6.45, 7) is 11.8. The summed E-state index contributed by atoms with van der Waals surface area (Å²) in [5.74, 6) is 1.62. The van der Waals surface area contributed by atoms with Crippen LogP contribution in [0.15, 0.2) is 23.6 Å². The minimum Gasteiger partial charge on any atom is -0.354 e. The third-order valence-electron chi connectivity index (χ3n) is 5.96.